The second kappa shape index (κ2) is 7.91. The minimum Gasteiger partial charge on any atom is -0.317 e. The van der Waals surface area contributed by atoms with E-state index in [1.54, 1.807) is 12.1 Å². The maximum absolute atomic E-state index is 11.9. The fourth-order valence-electron chi connectivity index (χ4n) is 1.73. The molecule has 0 aromatic carbocycles. The quantitative estimate of drug-likeness (QED) is 0.872. The Hall–Kier alpha value is -0.400. The van der Waals surface area contributed by atoms with Gasteiger partial charge in [-0.3, -0.25) is 0 Å². The Labute approximate surface area is 120 Å². The first-order chi connectivity index (χ1) is 7.68. The Morgan fingerprint density at radius 1 is 1.22 bits per heavy atom. The predicted octanol–water partition coefficient (Wildman–Crippen LogP) is 0.956. The van der Waals surface area contributed by atoms with Crippen LogP contribution in [0.4, 0.5) is 0 Å². The molecule has 2 N–H and O–H groups in total. The van der Waals surface area contributed by atoms with Crippen LogP contribution in [0, 0.1) is 0 Å². The van der Waals surface area contributed by atoms with Gasteiger partial charge in [-0.15, -0.1) is 24.8 Å². The molecular weight excluding hydrogens is 297 g/mol. The normalized spacial score (nSPS) is 16.4. The number of nitrogens with zero attached hydrogens (tertiary/aromatic N) is 1. The number of hydrogen-bond donors (Lipinski definition) is 2. The third kappa shape index (κ3) is 4.70. The van der Waals surface area contributed by atoms with Crippen molar-refractivity contribution >= 4 is 34.8 Å². The number of rotatable bonds is 3. The van der Waals surface area contributed by atoms with E-state index in [9.17, 15) is 8.42 Å². The molecule has 0 radical (unpaired) electrons. The molecule has 0 unspecified atom stereocenters. The van der Waals surface area contributed by atoms with Crippen LogP contribution in [0.2, 0.25) is 0 Å². The lowest BCUT2D eigenvalue weighted by atomic mass is 10.1. The van der Waals surface area contributed by atoms with Crippen molar-refractivity contribution in [1.29, 1.82) is 0 Å². The fourth-order valence-corrected chi connectivity index (χ4v) is 2.98. The highest BCUT2D eigenvalue weighted by Gasteiger charge is 2.22. The van der Waals surface area contributed by atoms with Gasteiger partial charge in [0.15, 0.2) is 5.03 Å². The van der Waals surface area contributed by atoms with Gasteiger partial charge >= 0.3 is 0 Å². The van der Waals surface area contributed by atoms with Crippen LogP contribution in [0.5, 0.6) is 0 Å². The van der Waals surface area contributed by atoms with Crippen LogP contribution in [-0.2, 0) is 10.0 Å². The van der Waals surface area contributed by atoms with E-state index in [4.69, 9.17) is 0 Å². The molecular formula is C10H17Cl2N3O2S. The molecule has 2 heterocycles. The Morgan fingerprint density at radius 3 is 2.44 bits per heavy atom. The molecule has 0 bridgehead atoms. The molecule has 0 atom stereocenters. The van der Waals surface area contributed by atoms with Crippen molar-refractivity contribution in [3.63, 3.8) is 0 Å². The molecule has 0 spiro atoms. The van der Waals surface area contributed by atoms with Crippen molar-refractivity contribution in [3.8, 4) is 0 Å². The smallest absolute Gasteiger partial charge is 0.258 e. The van der Waals surface area contributed by atoms with Gasteiger partial charge in [-0.2, -0.15) is 0 Å². The van der Waals surface area contributed by atoms with Crippen LogP contribution in [-0.4, -0.2) is 32.5 Å². The molecule has 1 aromatic heterocycles. The van der Waals surface area contributed by atoms with Gasteiger partial charge in [0.05, 0.1) is 0 Å². The summed E-state index contributed by atoms with van der Waals surface area (Å²) in [6.07, 6.45) is 3.13. The van der Waals surface area contributed by atoms with Gasteiger partial charge in [-0.05, 0) is 38.1 Å². The van der Waals surface area contributed by atoms with Gasteiger partial charge < -0.3 is 5.32 Å². The van der Waals surface area contributed by atoms with E-state index >= 15 is 0 Å². The highest BCUT2D eigenvalue weighted by atomic mass is 35.5. The molecule has 0 aliphatic carbocycles. The maximum atomic E-state index is 11.9. The first-order valence-corrected chi connectivity index (χ1v) is 6.81. The van der Waals surface area contributed by atoms with Gasteiger partial charge in [0.25, 0.3) is 10.0 Å². The first-order valence-electron chi connectivity index (χ1n) is 5.32. The van der Waals surface area contributed by atoms with E-state index < -0.39 is 10.0 Å². The molecule has 2 rings (SSSR count). The summed E-state index contributed by atoms with van der Waals surface area (Å²) in [5.74, 6) is 0. The molecule has 1 saturated heterocycles. The SMILES string of the molecule is Cl.Cl.O=S(=O)(NC1CCNCC1)c1ccccn1. The number of pyridine rings is 1. The molecule has 0 amide bonds. The minimum atomic E-state index is -3.45. The zero-order valence-corrected chi connectivity index (χ0v) is 12.2. The van der Waals surface area contributed by atoms with Crippen molar-refractivity contribution in [2.75, 3.05) is 13.1 Å². The Balaban J connectivity index is 0.00000144. The third-order valence-corrected chi connectivity index (χ3v) is 4.01. The zero-order valence-electron chi connectivity index (χ0n) is 9.70. The molecule has 1 fully saturated rings. The van der Waals surface area contributed by atoms with Crippen LogP contribution in [0.1, 0.15) is 12.8 Å². The van der Waals surface area contributed by atoms with Crippen LogP contribution < -0.4 is 10.0 Å². The van der Waals surface area contributed by atoms with Gasteiger partial charge in [0.1, 0.15) is 0 Å². The summed E-state index contributed by atoms with van der Waals surface area (Å²) in [5.41, 5.74) is 0. The van der Waals surface area contributed by atoms with Crippen LogP contribution in [0.3, 0.4) is 0 Å². The van der Waals surface area contributed by atoms with Gasteiger partial charge in [0.2, 0.25) is 0 Å². The van der Waals surface area contributed by atoms with Gasteiger partial charge in [-0.25, -0.2) is 18.1 Å². The number of hydrogen-bond acceptors (Lipinski definition) is 4. The Bertz CT molecular complexity index is 436. The summed E-state index contributed by atoms with van der Waals surface area (Å²) >= 11 is 0. The Morgan fingerprint density at radius 2 is 1.89 bits per heavy atom. The minimum absolute atomic E-state index is 0. The number of halogens is 2. The molecule has 1 aliphatic rings. The highest BCUT2D eigenvalue weighted by molar-refractivity contribution is 7.89. The van der Waals surface area contributed by atoms with E-state index in [1.807, 2.05) is 0 Å². The fraction of sp³-hybridized carbons (Fsp3) is 0.500. The summed E-state index contributed by atoms with van der Waals surface area (Å²) in [5, 5.41) is 3.28. The van der Waals surface area contributed by atoms with Crippen molar-refractivity contribution in [1.82, 2.24) is 15.0 Å². The van der Waals surface area contributed by atoms with Crippen molar-refractivity contribution < 1.29 is 8.42 Å². The second-order valence-electron chi connectivity index (χ2n) is 3.81. The number of nitrogens with one attached hydrogen (secondary N) is 2. The van der Waals surface area contributed by atoms with Crippen LogP contribution in [0.15, 0.2) is 29.4 Å². The van der Waals surface area contributed by atoms with Crippen LogP contribution >= 0.6 is 24.8 Å². The van der Waals surface area contributed by atoms with E-state index in [1.165, 1.54) is 12.3 Å². The zero-order chi connectivity index (χ0) is 11.4. The van der Waals surface area contributed by atoms with Gasteiger partial charge in [-0.1, -0.05) is 6.07 Å². The number of piperidine rings is 1. The van der Waals surface area contributed by atoms with Gasteiger partial charge in [0, 0.05) is 12.2 Å². The lowest BCUT2D eigenvalue weighted by molar-refractivity contribution is 0.426. The average molecular weight is 314 g/mol. The monoisotopic (exact) mass is 313 g/mol. The number of aromatic nitrogens is 1. The van der Waals surface area contributed by atoms with E-state index in [0.717, 1.165) is 25.9 Å². The topological polar surface area (TPSA) is 71.1 Å². The lowest BCUT2D eigenvalue weighted by Crippen LogP contribution is -2.42. The summed E-state index contributed by atoms with van der Waals surface area (Å²) in [4.78, 5) is 3.85. The summed E-state index contributed by atoms with van der Waals surface area (Å²) in [7, 11) is -3.45. The number of sulfonamides is 1. The molecule has 8 heteroatoms. The lowest BCUT2D eigenvalue weighted by Gasteiger charge is -2.23. The summed E-state index contributed by atoms with van der Waals surface area (Å²) in [6, 6.07) is 4.89. The maximum Gasteiger partial charge on any atom is 0.258 e. The van der Waals surface area contributed by atoms with Crippen molar-refractivity contribution in [3.05, 3.63) is 24.4 Å². The molecule has 1 aromatic rings. The van der Waals surface area contributed by atoms with E-state index in [2.05, 4.69) is 15.0 Å². The standard InChI is InChI=1S/C10H15N3O2S.2ClH/c14-16(15,10-3-1-2-6-12-10)13-9-4-7-11-8-5-9;;/h1-3,6,9,11,13H,4-5,7-8H2;2*1H. The van der Waals surface area contributed by atoms with E-state index in [-0.39, 0.29) is 35.9 Å². The average Bonchev–Trinajstić information content (AvgIpc) is 2.31. The molecule has 0 saturated carbocycles. The third-order valence-electron chi connectivity index (χ3n) is 2.57. The molecule has 104 valence electrons. The van der Waals surface area contributed by atoms with Crippen LogP contribution in [0.25, 0.3) is 0 Å². The largest absolute Gasteiger partial charge is 0.317 e. The summed E-state index contributed by atoms with van der Waals surface area (Å²) in [6.45, 7) is 1.71. The second-order valence-corrected chi connectivity index (χ2v) is 5.47. The Kier molecular flexibility index (Phi) is 7.73. The van der Waals surface area contributed by atoms with E-state index in [0.29, 0.717) is 0 Å². The molecule has 5 nitrogen and oxygen atoms in total. The summed E-state index contributed by atoms with van der Waals surface area (Å²) < 4.78 is 26.5. The molecule has 18 heavy (non-hydrogen) atoms. The van der Waals surface area contributed by atoms with Crippen molar-refractivity contribution in [2.24, 2.45) is 0 Å². The molecule has 1 aliphatic heterocycles. The highest BCUT2D eigenvalue weighted by Crippen LogP contribution is 2.09. The predicted molar refractivity (Wildman–Crippen MR) is 74.9 cm³/mol. The van der Waals surface area contributed by atoms with Crippen molar-refractivity contribution in [2.45, 2.75) is 23.9 Å². The first kappa shape index (κ1) is 17.6.